The van der Waals surface area contributed by atoms with Gasteiger partial charge >= 0.3 is 0 Å². The number of ether oxygens (including phenoxy) is 2. The molecule has 0 unspecified atom stereocenters. The molecular formula is C18H26N4O2. The summed E-state index contributed by atoms with van der Waals surface area (Å²) in [6, 6.07) is 9.36. The molecule has 6 heteroatoms. The minimum atomic E-state index is 0.383. The molecule has 0 aliphatic carbocycles. The summed E-state index contributed by atoms with van der Waals surface area (Å²) in [6.45, 7) is 7.09. The van der Waals surface area contributed by atoms with Crippen molar-refractivity contribution < 1.29 is 9.47 Å². The molecule has 6 nitrogen and oxygen atoms in total. The van der Waals surface area contributed by atoms with Crippen LogP contribution in [0.2, 0.25) is 0 Å². The Bertz CT molecular complexity index is 601. The zero-order valence-electron chi connectivity index (χ0n) is 14.4. The Hall–Kier alpha value is -2.50. The zero-order valence-corrected chi connectivity index (χ0v) is 14.4. The molecule has 0 radical (unpaired) electrons. The number of hydrogen-bond acceptors (Lipinski definition) is 6. The summed E-state index contributed by atoms with van der Waals surface area (Å²) >= 11 is 0. The zero-order chi connectivity index (χ0) is 17.2. The average molecular weight is 330 g/mol. The van der Waals surface area contributed by atoms with Crippen molar-refractivity contribution in [3.63, 3.8) is 0 Å². The van der Waals surface area contributed by atoms with E-state index in [4.69, 9.17) is 15.2 Å². The number of pyridine rings is 2. The largest absolute Gasteiger partial charge is 0.474 e. The van der Waals surface area contributed by atoms with Crippen molar-refractivity contribution in [3.05, 3.63) is 36.5 Å². The first-order valence-corrected chi connectivity index (χ1v) is 8.42. The second-order valence-electron chi connectivity index (χ2n) is 5.44. The highest BCUT2D eigenvalue weighted by molar-refractivity contribution is 5.55. The van der Waals surface area contributed by atoms with Gasteiger partial charge in [0.2, 0.25) is 11.8 Å². The number of rotatable bonds is 10. The first kappa shape index (κ1) is 17.8. The number of nitrogen functional groups attached to an aromatic ring is 1. The van der Waals surface area contributed by atoms with E-state index in [9.17, 15) is 0 Å². The maximum Gasteiger partial charge on any atom is 0.217 e. The Kier molecular flexibility index (Phi) is 7.14. The van der Waals surface area contributed by atoms with Crippen LogP contribution in [0.25, 0.3) is 0 Å². The molecule has 130 valence electrons. The monoisotopic (exact) mass is 330 g/mol. The molecule has 0 saturated carbocycles. The summed E-state index contributed by atoms with van der Waals surface area (Å²) in [5.41, 5.74) is 6.97. The van der Waals surface area contributed by atoms with Crippen molar-refractivity contribution in [1.82, 2.24) is 9.97 Å². The lowest BCUT2D eigenvalue weighted by molar-refractivity contribution is 0.207. The molecule has 2 aromatic rings. The SMILES string of the molecule is CCCN(CCC)c1cc(N)nc(OCCOc2ccccn2)c1. The van der Waals surface area contributed by atoms with Crippen LogP contribution in [0, 0.1) is 0 Å². The molecule has 0 aliphatic rings. The molecule has 24 heavy (non-hydrogen) atoms. The Morgan fingerprint density at radius 1 is 1.00 bits per heavy atom. The normalized spacial score (nSPS) is 10.4. The summed E-state index contributed by atoms with van der Waals surface area (Å²) in [6.07, 6.45) is 3.85. The number of nitrogens with two attached hydrogens (primary N) is 1. The van der Waals surface area contributed by atoms with E-state index < -0.39 is 0 Å². The molecular weight excluding hydrogens is 304 g/mol. The summed E-state index contributed by atoms with van der Waals surface area (Å²) in [4.78, 5) is 10.6. The van der Waals surface area contributed by atoms with E-state index >= 15 is 0 Å². The van der Waals surface area contributed by atoms with Gasteiger partial charge in [0.1, 0.15) is 19.0 Å². The van der Waals surface area contributed by atoms with Crippen LogP contribution in [-0.2, 0) is 0 Å². The van der Waals surface area contributed by atoms with Crippen LogP contribution in [0.15, 0.2) is 36.5 Å². The minimum absolute atomic E-state index is 0.383. The Balaban J connectivity index is 1.92. The predicted molar refractivity (Wildman–Crippen MR) is 96.7 cm³/mol. The van der Waals surface area contributed by atoms with Crippen LogP contribution in [-0.4, -0.2) is 36.3 Å². The van der Waals surface area contributed by atoms with Gasteiger partial charge in [0.25, 0.3) is 0 Å². The lowest BCUT2D eigenvalue weighted by Crippen LogP contribution is -2.25. The van der Waals surface area contributed by atoms with Crippen molar-refractivity contribution in [2.24, 2.45) is 0 Å². The number of anilines is 2. The standard InChI is InChI=1S/C18H26N4O2/c1-3-9-22(10-4-2)15-13-16(19)21-18(14-15)24-12-11-23-17-7-5-6-8-20-17/h5-8,13-14H,3-4,9-12H2,1-2H3,(H2,19,21). The molecule has 0 amide bonds. The lowest BCUT2D eigenvalue weighted by atomic mass is 10.3. The fourth-order valence-electron chi connectivity index (χ4n) is 2.40. The van der Waals surface area contributed by atoms with E-state index in [1.807, 2.05) is 30.3 Å². The summed E-state index contributed by atoms with van der Waals surface area (Å²) in [5, 5.41) is 0. The third-order valence-electron chi connectivity index (χ3n) is 3.38. The summed E-state index contributed by atoms with van der Waals surface area (Å²) in [5.74, 6) is 1.57. The van der Waals surface area contributed by atoms with Gasteiger partial charge < -0.3 is 20.1 Å². The van der Waals surface area contributed by atoms with E-state index in [1.54, 1.807) is 6.20 Å². The summed E-state index contributed by atoms with van der Waals surface area (Å²) < 4.78 is 11.2. The Morgan fingerprint density at radius 2 is 1.71 bits per heavy atom. The lowest BCUT2D eigenvalue weighted by Gasteiger charge is -2.24. The van der Waals surface area contributed by atoms with Gasteiger partial charge in [-0.15, -0.1) is 0 Å². The molecule has 2 rings (SSSR count). The van der Waals surface area contributed by atoms with Gasteiger partial charge in [-0.1, -0.05) is 19.9 Å². The highest BCUT2D eigenvalue weighted by atomic mass is 16.5. The van der Waals surface area contributed by atoms with Crippen LogP contribution >= 0.6 is 0 Å². The molecule has 2 heterocycles. The molecule has 0 saturated heterocycles. The van der Waals surface area contributed by atoms with Gasteiger partial charge in [0, 0.05) is 43.2 Å². The van der Waals surface area contributed by atoms with Gasteiger partial charge in [-0.2, -0.15) is 4.98 Å². The molecule has 2 aromatic heterocycles. The number of nitrogens with zero attached hydrogens (tertiary/aromatic N) is 3. The summed E-state index contributed by atoms with van der Waals surface area (Å²) in [7, 11) is 0. The van der Waals surface area contributed by atoms with Crippen LogP contribution in [0.1, 0.15) is 26.7 Å². The fraction of sp³-hybridized carbons (Fsp3) is 0.444. The highest BCUT2D eigenvalue weighted by Gasteiger charge is 2.09. The highest BCUT2D eigenvalue weighted by Crippen LogP contribution is 2.23. The minimum Gasteiger partial charge on any atom is -0.474 e. The topological polar surface area (TPSA) is 73.5 Å². The second kappa shape index (κ2) is 9.60. The maximum absolute atomic E-state index is 5.93. The molecule has 2 N–H and O–H groups in total. The van der Waals surface area contributed by atoms with E-state index in [-0.39, 0.29) is 0 Å². The number of aromatic nitrogens is 2. The van der Waals surface area contributed by atoms with E-state index in [1.165, 1.54) is 0 Å². The maximum atomic E-state index is 5.93. The third-order valence-corrected chi connectivity index (χ3v) is 3.38. The van der Waals surface area contributed by atoms with Crippen LogP contribution in [0.4, 0.5) is 11.5 Å². The van der Waals surface area contributed by atoms with Crippen LogP contribution < -0.4 is 20.1 Å². The average Bonchev–Trinajstić information content (AvgIpc) is 2.59. The molecule has 0 aliphatic heterocycles. The van der Waals surface area contributed by atoms with E-state index in [0.717, 1.165) is 31.6 Å². The van der Waals surface area contributed by atoms with Crippen molar-refractivity contribution in [2.75, 3.05) is 36.9 Å². The molecule has 0 bridgehead atoms. The smallest absolute Gasteiger partial charge is 0.217 e. The molecule has 0 spiro atoms. The quantitative estimate of drug-likeness (QED) is 0.675. The third kappa shape index (κ3) is 5.61. The molecule has 0 fully saturated rings. The molecule has 0 aromatic carbocycles. The fourth-order valence-corrected chi connectivity index (χ4v) is 2.40. The first-order chi connectivity index (χ1) is 11.7. The Labute approximate surface area is 143 Å². The van der Waals surface area contributed by atoms with Gasteiger partial charge in [0.15, 0.2) is 0 Å². The molecule has 0 atom stereocenters. The predicted octanol–water partition coefficient (Wildman–Crippen LogP) is 3.14. The van der Waals surface area contributed by atoms with Gasteiger partial charge in [-0.3, -0.25) is 0 Å². The second-order valence-corrected chi connectivity index (χ2v) is 5.44. The van der Waals surface area contributed by atoms with Gasteiger partial charge in [0.05, 0.1) is 0 Å². The van der Waals surface area contributed by atoms with E-state index in [0.29, 0.717) is 30.8 Å². The van der Waals surface area contributed by atoms with Crippen molar-refractivity contribution in [3.8, 4) is 11.8 Å². The van der Waals surface area contributed by atoms with Gasteiger partial charge in [-0.05, 0) is 18.9 Å². The van der Waals surface area contributed by atoms with E-state index in [2.05, 4.69) is 28.7 Å². The van der Waals surface area contributed by atoms with Gasteiger partial charge in [-0.25, -0.2) is 4.98 Å². The van der Waals surface area contributed by atoms with Crippen molar-refractivity contribution in [1.29, 1.82) is 0 Å². The first-order valence-electron chi connectivity index (χ1n) is 8.42. The number of hydrogen-bond donors (Lipinski definition) is 1. The van der Waals surface area contributed by atoms with Crippen molar-refractivity contribution in [2.45, 2.75) is 26.7 Å². The Morgan fingerprint density at radius 3 is 2.33 bits per heavy atom. The van der Waals surface area contributed by atoms with Crippen molar-refractivity contribution >= 4 is 11.5 Å². The van der Waals surface area contributed by atoms with Crippen LogP contribution in [0.5, 0.6) is 11.8 Å². The van der Waals surface area contributed by atoms with Crippen LogP contribution in [0.3, 0.4) is 0 Å².